The van der Waals surface area contributed by atoms with E-state index in [2.05, 4.69) is 0 Å². The van der Waals surface area contributed by atoms with Crippen molar-refractivity contribution in [1.82, 2.24) is 0 Å². The Labute approximate surface area is 180 Å². The molecule has 0 heterocycles. The normalized spacial score (nSPS) is 12.4. The zero-order valence-electron chi connectivity index (χ0n) is 15.3. The first-order valence-electron chi connectivity index (χ1n) is 8.73. The molecule has 0 N–H and O–H groups in total. The lowest BCUT2D eigenvalue weighted by Gasteiger charge is -2.21. The third-order valence-electron chi connectivity index (χ3n) is 4.12. The van der Waals surface area contributed by atoms with E-state index in [0.29, 0.717) is 10.6 Å². The minimum atomic E-state index is -4.55. The Morgan fingerprint density at radius 3 is 2.23 bits per heavy atom. The Balaban J connectivity index is 1.84. The molecule has 3 nitrogen and oxygen atoms in total. The molecule has 0 saturated heterocycles. The summed E-state index contributed by atoms with van der Waals surface area (Å²) >= 11 is 12.0. The number of rotatable bonds is 6. The molecule has 0 aliphatic heterocycles. The minimum absolute atomic E-state index is 0.0860. The third kappa shape index (κ3) is 5.75. The van der Waals surface area contributed by atoms with E-state index in [1.165, 1.54) is 12.1 Å². The molecule has 0 bridgehead atoms. The summed E-state index contributed by atoms with van der Waals surface area (Å²) in [7, 11) is 0. The molecule has 3 aromatic rings. The molecular formula is C22H15Cl2F3O3. The zero-order chi connectivity index (χ0) is 21.7. The van der Waals surface area contributed by atoms with Crippen LogP contribution in [0.15, 0.2) is 72.8 Å². The first-order chi connectivity index (χ1) is 14.2. The van der Waals surface area contributed by atoms with Gasteiger partial charge in [-0.25, -0.2) is 4.79 Å². The second-order valence-corrected chi connectivity index (χ2v) is 7.11. The van der Waals surface area contributed by atoms with Crippen LogP contribution in [0.4, 0.5) is 13.2 Å². The molecule has 30 heavy (non-hydrogen) atoms. The quantitative estimate of drug-likeness (QED) is 0.306. The van der Waals surface area contributed by atoms with Crippen molar-refractivity contribution >= 4 is 29.2 Å². The van der Waals surface area contributed by atoms with Crippen molar-refractivity contribution in [2.24, 2.45) is 0 Å². The standard InChI is InChI=1S/C22H15Cl2F3O3/c23-16-7-9-17(10-8-16)30-20(28)13-29-21(14-4-2-1-3-5-14)18-12-15(22(25,26)27)6-11-19(18)24/h1-12,21H,13H2. The van der Waals surface area contributed by atoms with Crippen LogP contribution in [-0.4, -0.2) is 12.6 Å². The Bertz CT molecular complexity index is 1010. The summed E-state index contributed by atoms with van der Waals surface area (Å²) in [4.78, 5) is 12.2. The van der Waals surface area contributed by atoms with Gasteiger partial charge < -0.3 is 9.47 Å². The highest BCUT2D eigenvalue weighted by Gasteiger charge is 2.32. The summed E-state index contributed by atoms with van der Waals surface area (Å²) < 4.78 is 50.4. The number of hydrogen-bond donors (Lipinski definition) is 0. The number of hydrogen-bond acceptors (Lipinski definition) is 3. The van der Waals surface area contributed by atoms with Gasteiger partial charge in [-0.05, 0) is 48.0 Å². The second kappa shape index (κ2) is 9.51. The van der Waals surface area contributed by atoms with E-state index >= 15 is 0 Å². The summed E-state index contributed by atoms with van der Waals surface area (Å²) in [5.41, 5.74) is -0.231. The molecule has 0 aromatic heterocycles. The maximum absolute atomic E-state index is 13.2. The van der Waals surface area contributed by atoms with E-state index in [1.54, 1.807) is 42.5 Å². The van der Waals surface area contributed by atoms with Crippen LogP contribution in [0.2, 0.25) is 10.0 Å². The van der Waals surface area contributed by atoms with Crippen molar-refractivity contribution in [2.45, 2.75) is 12.3 Å². The number of carbonyl (C=O) groups excluding carboxylic acids is 1. The van der Waals surface area contributed by atoms with Crippen LogP contribution in [0.3, 0.4) is 0 Å². The minimum Gasteiger partial charge on any atom is -0.425 e. The number of alkyl halides is 3. The molecule has 0 fully saturated rings. The van der Waals surface area contributed by atoms with Crippen molar-refractivity contribution in [3.8, 4) is 5.75 Å². The lowest BCUT2D eigenvalue weighted by Crippen LogP contribution is -2.19. The van der Waals surface area contributed by atoms with Crippen molar-refractivity contribution in [3.05, 3.63) is 99.5 Å². The van der Waals surface area contributed by atoms with Crippen molar-refractivity contribution in [1.29, 1.82) is 0 Å². The molecule has 1 atom stereocenters. The van der Waals surface area contributed by atoms with Crippen molar-refractivity contribution < 1.29 is 27.4 Å². The summed E-state index contributed by atoms with van der Waals surface area (Å²) in [6.45, 7) is -0.505. The number of ether oxygens (including phenoxy) is 2. The summed E-state index contributed by atoms with van der Waals surface area (Å²) in [6, 6.07) is 17.6. The van der Waals surface area contributed by atoms with Crippen LogP contribution >= 0.6 is 23.2 Å². The average molecular weight is 455 g/mol. The van der Waals surface area contributed by atoms with Gasteiger partial charge in [0.15, 0.2) is 0 Å². The van der Waals surface area contributed by atoms with Gasteiger partial charge in [-0.15, -0.1) is 0 Å². The van der Waals surface area contributed by atoms with Crippen LogP contribution in [0.5, 0.6) is 5.75 Å². The van der Waals surface area contributed by atoms with Gasteiger partial charge in [0.2, 0.25) is 0 Å². The third-order valence-corrected chi connectivity index (χ3v) is 4.72. The lowest BCUT2D eigenvalue weighted by atomic mass is 9.99. The topological polar surface area (TPSA) is 35.5 Å². The average Bonchev–Trinajstić information content (AvgIpc) is 2.71. The van der Waals surface area contributed by atoms with Gasteiger partial charge in [-0.2, -0.15) is 13.2 Å². The summed E-state index contributed by atoms with van der Waals surface area (Å²) in [6.07, 6.45) is -5.55. The van der Waals surface area contributed by atoms with Crippen molar-refractivity contribution in [3.63, 3.8) is 0 Å². The van der Waals surface area contributed by atoms with Gasteiger partial charge in [0, 0.05) is 15.6 Å². The largest absolute Gasteiger partial charge is 0.425 e. The maximum Gasteiger partial charge on any atom is 0.416 e. The smallest absolute Gasteiger partial charge is 0.416 e. The molecule has 0 spiro atoms. The number of benzene rings is 3. The second-order valence-electron chi connectivity index (χ2n) is 6.26. The predicted octanol–water partition coefficient (Wildman–Crippen LogP) is 6.72. The van der Waals surface area contributed by atoms with Gasteiger partial charge in [-0.3, -0.25) is 0 Å². The van der Waals surface area contributed by atoms with Gasteiger partial charge in [0.05, 0.1) is 5.56 Å². The van der Waals surface area contributed by atoms with Gasteiger partial charge in [0.1, 0.15) is 18.5 Å². The Morgan fingerprint density at radius 2 is 1.60 bits per heavy atom. The van der Waals surface area contributed by atoms with E-state index in [1.807, 2.05) is 0 Å². The Morgan fingerprint density at radius 1 is 0.933 bits per heavy atom. The molecule has 156 valence electrons. The summed E-state index contributed by atoms with van der Waals surface area (Å²) in [5.74, 6) is -0.456. The maximum atomic E-state index is 13.2. The van der Waals surface area contributed by atoms with E-state index in [4.69, 9.17) is 32.7 Å². The van der Waals surface area contributed by atoms with E-state index < -0.39 is 30.4 Å². The fourth-order valence-corrected chi connectivity index (χ4v) is 3.07. The molecule has 0 radical (unpaired) electrons. The fourth-order valence-electron chi connectivity index (χ4n) is 2.73. The Kier molecular flexibility index (Phi) is 7.02. The fraction of sp³-hybridized carbons (Fsp3) is 0.136. The molecule has 0 aliphatic carbocycles. The number of halogens is 5. The van der Waals surface area contributed by atoms with Crippen LogP contribution in [-0.2, 0) is 15.7 Å². The molecule has 3 aromatic carbocycles. The molecule has 1 unspecified atom stereocenters. The first-order valence-corrected chi connectivity index (χ1v) is 9.49. The van der Waals surface area contributed by atoms with Crippen molar-refractivity contribution in [2.75, 3.05) is 6.61 Å². The molecule has 0 aliphatic rings. The molecule has 8 heteroatoms. The highest BCUT2D eigenvalue weighted by Crippen LogP contribution is 2.37. The van der Waals surface area contributed by atoms with Gasteiger partial charge in [-0.1, -0.05) is 53.5 Å². The van der Waals surface area contributed by atoms with Crippen LogP contribution in [0, 0.1) is 0 Å². The highest BCUT2D eigenvalue weighted by atomic mass is 35.5. The summed E-state index contributed by atoms with van der Waals surface area (Å²) in [5, 5.41) is 0.567. The molecule has 0 saturated carbocycles. The first kappa shape index (κ1) is 22.2. The van der Waals surface area contributed by atoms with E-state index in [0.717, 1.165) is 18.2 Å². The van der Waals surface area contributed by atoms with Crippen LogP contribution in [0.1, 0.15) is 22.8 Å². The zero-order valence-corrected chi connectivity index (χ0v) is 16.8. The monoisotopic (exact) mass is 454 g/mol. The van der Waals surface area contributed by atoms with E-state index in [-0.39, 0.29) is 16.3 Å². The highest BCUT2D eigenvalue weighted by molar-refractivity contribution is 6.31. The lowest BCUT2D eigenvalue weighted by molar-refractivity contribution is -0.141. The molecule has 3 rings (SSSR count). The number of esters is 1. The van der Waals surface area contributed by atoms with Gasteiger partial charge >= 0.3 is 12.1 Å². The molecule has 0 amide bonds. The van der Waals surface area contributed by atoms with Gasteiger partial charge in [0.25, 0.3) is 0 Å². The predicted molar refractivity (Wildman–Crippen MR) is 108 cm³/mol. The number of carbonyl (C=O) groups is 1. The van der Waals surface area contributed by atoms with Crippen LogP contribution in [0.25, 0.3) is 0 Å². The molecular weight excluding hydrogens is 440 g/mol. The SMILES string of the molecule is O=C(COC(c1ccccc1)c1cc(C(F)(F)F)ccc1Cl)Oc1ccc(Cl)cc1. The van der Waals surface area contributed by atoms with Crippen LogP contribution < -0.4 is 4.74 Å². The van der Waals surface area contributed by atoms with E-state index in [9.17, 15) is 18.0 Å². The Hall–Kier alpha value is -2.54.